The number of nitrogens with zero attached hydrogens (tertiary/aromatic N) is 2. The lowest BCUT2D eigenvalue weighted by Gasteiger charge is -2.36. The van der Waals surface area contributed by atoms with Gasteiger partial charge in [0.15, 0.2) is 0 Å². The van der Waals surface area contributed by atoms with E-state index in [0.29, 0.717) is 35.1 Å². The van der Waals surface area contributed by atoms with Crippen LogP contribution in [0.1, 0.15) is 10.4 Å². The first-order chi connectivity index (χ1) is 12.5. The summed E-state index contributed by atoms with van der Waals surface area (Å²) in [7, 11) is 3.17. The summed E-state index contributed by atoms with van der Waals surface area (Å²) < 4.78 is 10.6. The van der Waals surface area contributed by atoms with Crippen molar-refractivity contribution < 1.29 is 14.3 Å². The Balaban J connectivity index is 0.00000196. The van der Waals surface area contributed by atoms with E-state index in [9.17, 15) is 4.79 Å². The Bertz CT molecular complexity index is 812. The maximum atomic E-state index is 12.9. The van der Waals surface area contributed by atoms with Gasteiger partial charge in [-0.05, 0) is 18.2 Å². The maximum absolute atomic E-state index is 12.9. The molecule has 0 aromatic heterocycles. The van der Waals surface area contributed by atoms with Crippen LogP contribution in [0.2, 0.25) is 5.02 Å². The number of hydrogen-bond donors (Lipinski definition) is 1. The van der Waals surface area contributed by atoms with Crippen molar-refractivity contribution in [1.82, 2.24) is 4.90 Å². The normalized spacial score (nSPS) is 13.2. The number of halogens is 3. The second-order valence-corrected chi connectivity index (χ2v) is 6.46. The van der Waals surface area contributed by atoms with E-state index in [0.717, 1.165) is 24.5 Å². The molecule has 1 aliphatic heterocycles. The Morgan fingerprint density at radius 1 is 1.04 bits per heavy atom. The molecule has 1 saturated heterocycles. The van der Waals surface area contributed by atoms with Gasteiger partial charge in [0.05, 0.1) is 30.5 Å². The quantitative estimate of drug-likeness (QED) is 0.722. The molecule has 9 heteroatoms. The highest BCUT2D eigenvalue weighted by molar-refractivity contribution is 6.33. The number of benzene rings is 2. The van der Waals surface area contributed by atoms with Gasteiger partial charge in [-0.25, -0.2) is 0 Å². The predicted octanol–water partition coefficient (Wildman–Crippen LogP) is 3.75. The van der Waals surface area contributed by atoms with Crippen LogP contribution in [0.15, 0.2) is 36.4 Å². The fourth-order valence-corrected chi connectivity index (χ4v) is 3.21. The van der Waals surface area contributed by atoms with E-state index in [2.05, 4.69) is 4.90 Å². The lowest BCUT2D eigenvalue weighted by molar-refractivity contribution is 0.0743. The summed E-state index contributed by atoms with van der Waals surface area (Å²) in [5.74, 6) is 1.16. The first-order valence-electron chi connectivity index (χ1n) is 8.34. The topological polar surface area (TPSA) is 68.0 Å². The van der Waals surface area contributed by atoms with Gasteiger partial charge in [-0.15, -0.1) is 24.8 Å². The fraction of sp³-hybridized carbons (Fsp3) is 0.316. The molecule has 28 heavy (non-hydrogen) atoms. The van der Waals surface area contributed by atoms with Crippen LogP contribution in [-0.2, 0) is 0 Å². The molecular weight excluding hydrogens is 425 g/mol. The largest absolute Gasteiger partial charge is 0.497 e. The van der Waals surface area contributed by atoms with E-state index in [-0.39, 0.29) is 30.7 Å². The second-order valence-electron chi connectivity index (χ2n) is 6.05. The number of carbonyl (C=O) groups excluding carboxylic acids is 1. The molecule has 0 spiro atoms. The number of piperazine rings is 1. The number of amides is 1. The number of anilines is 2. The Kier molecular flexibility index (Phi) is 9.01. The van der Waals surface area contributed by atoms with Crippen LogP contribution < -0.4 is 20.1 Å². The van der Waals surface area contributed by atoms with Gasteiger partial charge in [-0.3, -0.25) is 4.79 Å². The van der Waals surface area contributed by atoms with E-state index < -0.39 is 0 Å². The molecule has 2 N–H and O–H groups in total. The number of ether oxygens (including phenoxy) is 2. The number of nitrogen functional groups attached to an aromatic ring is 1. The summed E-state index contributed by atoms with van der Waals surface area (Å²) in [6.07, 6.45) is 0. The third kappa shape index (κ3) is 5.07. The Morgan fingerprint density at radius 3 is 2.32 bits per heavy atom. The molecule has 1 aliphatic rings. The first kappa shape index (κ1) is 24.0. The molecule has 6 nitrogen and oxygen atoms in total. The van der Waals surface area contributed by atoms with E-state index >= 15 is 0 Å². The van der Waals surface area contributed by atoms with Crippen LogP contribution in [-0.4, -0.2) is 51.2 Å². The molecule has 1 heterocycles. The molecule has 0 bridgehead atoms. The van der Waals surface area contributed by atoms with Gasteiger partial charge in [0.25, 0.3) is 5.91 Å². The minimum atomic E-state index is -0.103. The lowest BCUT2D eigenvalue weighted by atomic mass is 10.1. The molecule has 3 rings (SSSR count). The second kappa shape index (κ2) is 10.5. The van der Waals surface area contributed by atoms with Gasteiger partial charge in [0, 0.05) is 44.0 Å². The minimum Gasteiger partial charge on any atom is -0.497 e. The van der Waals surface area contributed by atoms with Gasteiger partial charge in [0.2, 0.25) is 0 Å². The van der Waals surface area contributed by atoms with Crippen LogP contribution in [0.5, 0.6) is 11.5 Å². The van der Waals surface area contributed by atoms with E-state index in [1.54, 1.807) is 24.1 Å². The molecule has 0 aliphatic carbocycles. The average molecular weight is 449 g/mol. The van der Waals surface area contributed by atoms with Gasteiger partial charge in [-0.1, -0.05) is 17.7 Å². The van der Waals surface area contributed by atoms with E-state index in [1.165, 1.54) is 7.11 Å². The molecule has 2 aromatic carbocycles. The highest BCUT2D eigenvalue weighted by atomic mass is 35.5. The van der Waals surface area contributed by atoms with Crippen molar-refractivity contribution >= 4 is 53.7 Å². The third-order valence-corrected chi connectivity index (χ3v) is 4.86. The van der Waals surface area contributed by atoms with Crippen molar-refractivity contribution in [2.75, 3.05) is 51.0 Å². The number of hydrogen-bond acceptors (Lipinski definition) is 5. The molecule has 0 unspecified atom stereocenters. The van der Waals surface area contributed by atoms with E-state index in [4.69, 9.17) is 26.8 Å². The zero-order valence-corrected chi connectivity index (χ0v) is 18.1. The first-order valence-corrected chi connectivity index (χ1v) is 8.72. The molecule has 0 radical (unpaired) electrons. The molecular formula is C19H24Cl3N3O3. The monoisotopic (exact) mass is 447 g/mol. The summed E-state index contributed by atoms with van der Waals surface area (Å²) in [6, 6.07) is 11.1. The highest BCUT2D eigenvalue weighted by Crippen LogP contribution is 2.30. The number of carbonyl (C=O) groups is 1. The third-order valence-electron chi connectivity index (χ3n) is 4.53. The Labute approximate surface area is 182 Å². The van der Waals surface area contributed by atoms with Crippen LogP contribution in [0.25, 0.3) is 0 Å². The number of methoxy groups -OCH3 is 2. The van der Waals surface area contributed by atoms with Gasteiger partial charge < -0.3 is 25.0 Å². The van der Waals surface area contributed by atoms with Crippen molar-refractivity contribution in [1.29, 1.82) is 0 Å². The van der Waals surface area contributed by atoms with Gasteiger partial charge >= 0.3 is 0 Å². The number of nitrogens with two attached hydrogens (primary N) is 1. The zero-order valence-electron chi connectivity index (χ0n) is 15.7. The van der Waals surface area contributed by atoms with Crippen molar-refractivity contribution in [2.24, 2.45) is 0 Å². The van der Waals surface area contributed by atoms with Crippen LogP contribution in [0.3, 0.4) is 0 Å². The summed E-state index contributed by atoms with van der Waals surface area (Å²) >= 11 is 6.09. The Morgan fingerprint density at radius 2 is 1.71 bits per heavy atom. The SMILES string of the molecule is COc1cccc(N2CCN(C(=O)c3cc(Cl)c(N)cc3OC)CC2)c1.Cl.Cl. The molecule has 154 valence electrons. The van der Waals surface area contributed by atoms with Gasteiger partial charge in [-0.2, -0.15) is 0 Å². The minimum absolute atomic E-state index is 0. The molecule has 0 atom stereocenters. The smallest absolute Gasteiger partial charge is 0.257 e. The predicted molar refractivity (Wildman–Crippen MR) is 118 cm³/mol. The lowest BCUT2D eigenvalue weighted by Crippen LogP contribution is -2.48. The van der Waals surface area contributed by atoms with Crippen molar-refractivity contribution in [3.8, 4) is 11.5 Å². The number of rotatable bonds is 4. The summed E-state index contributed by atoms with van der Waals surface area (Å²) in [5.41, 5.74) is 7.71. The van der Waals surface area contributed by atoms with Crippen LogP contribution >= 0.6 is 36.4 Å². The standard InChI is InChI=1S/C19H22ClN3O3.2ClH/c1-25-14-5-3-4-13(10-14)22-6-8-23(9-7-22)19(24)15-11-16(20)17(21)12-18(15)26-2;;/h3-5,10-12H,6-9,21H2,1-2H3;2*1H. The molecule has 1 amide bonds. The average Bonchev–Trinajstić information content (AvgIpc) is 2.69. The van der Waals surface area contributed by atoms with Crippen LogP contribution in [0, 0.1) is 0 Å². The Hall–Kier alpha value is -2.02. The van der Waals surface area contributed by atoms with E-state index in [1.807, 2.05) is 24.3 Å². The zero-order chi connectivity index (χ0) is 18.7. The highest BCUT2D eigenvalue weighted by Gasteiger charge is 2.25. The fourth-order valence-electron chi connectivity index (χ4n) is 3.05. The van der Waals surface area contributed by atoms with Crippen molar-refractivity contribution in [3.05, 3.63) is 47.0 Å². The summed E-state index contributed by atoms with van der Waals surface area (Å²) in [6.45, 7) is 2.70. The van der Waals surface area contributed by atoms with Gasteiger partial charge in [0.1, 0.15) is 11.5 Å². The molecule has 0 saturated carbocycles. The maximum Gasteiger partial charge on any atom is 0.257 e. The molecule has 2 aromatic rings. The van der Waals surface area contributed by atoms with Crippen molar-refractivity contribution in [2.45, 2.75) is 0 Å². The summed E-state index contributed by atoms with van der Waals surface area (Å²) in [5, 5.41) is 0.351. The summed E-state index contributed by atoms with van der Waals surface area (Å²) in [4.78, 5) is 16.9. The molecule has 1 fully saturated rings. The van der Waals surface area contributed by atoms with Crippen LogP contribution in [0.4, 0.5) is 11.4 Å². The van der Waals surface area contributed by atoms with Crippen molar-refractivity contribution in [3.63, 3.8) is 0 Å².